The van der Waals surface area contributed by atoms with Crippen LogP contribution in [0.3, 0.4) is 0 Å². The summed E-state index contributed by atoms with van der Waals surface area (Å²) < 4.78 is 35.8. The van der Waals surface area contributed by atoms with Crippen molar-refractivity contribution in [3.8, 4) is 17.0 Å². The number of halogens is 3. The van der Waals surface area contributed by atoms with Crippen molar-refractivity contribution in [3.63, 3.8) is 0 Å². The lowest BCUT2D eigenvalue weighted by Crippen LogP contribution is -2.21. The third kappa shape index (κ3) is 5.72. The van der Waals surface area contributed by atoms with Gasteiger partial charge in [0.15, 0.2) is 5.75 Å². The molecule has 8 heteroatoms. The first kappa shape index (κ1) is 21.2. The van der Waals surface area contributed by atoms with E-state index in [1.54, 1.807) is 25.1 Å². The predicted molar refractivity (Wildman–Crippen MR) is 114 cm³/mol. The second-order valence-electron chi connectivity index (χ2n) is 6.59. The van der Waals surface area contributed by atoms with Crippen LogP contribution in [0.1, 0.15) is 27.7 Å². The van der Waals surface area contributed by atoms with Crippen LogP contribution in [0.2, 0.25) is 5.15 Å². The molecule has 0 saturated carbocycles. The first-order valence-electron chi connectivity index (χ1n) is 7.79. The molecule has 0 saturated heterocycles. The van der Waals surface area contributed by atoms with E-state index < -0.39 is 15.7 Å². The lowest BCUT2D eigenvalue weighted by molar-refractivity contribution is 0.373. The van der Waals surface area contributed by atoms with E-state index in [0.29, 0.717) is 27.9 Å². The summed E-state index contributed by atoms with van der Waals surface area (Å²) in [4.78, 5) is 4.33. The molecule has 0 spiro atoms. The van der Waals surface area contributed by atoms with Gasteiger partial charge in [0, 0.05) is 5.56 Å². The van der Waals surface area contributed by atoms with Crippen molar-refractivity contribution >= 4 is 50.9 Å². The standard InChI is InChI=1S/C18H19ClFIN2O2S/c1-11(23-26(24)18(2,3)4)10-25-17-14(21)9-15(19)22-16(17)12-5-7-13(20)8-6-12/h5-9H,10H2,1-4H3/t26-/m0/s1. The predicted octanol–water partition coefficient (Wildman–Crippen LogP) is 5.45. The molecule has 1 aromatic carbocycles. The number of hydrogen-bond acceptors (Lipinski definition) is 3. The Kier molecular flexibility index (Phi) is 7.15. The van der Waals surface area contributed by atoms with Gasteiger partial charge in [-0.1, -0.05) is 11.6 Å². The third-order valence-corrected chi connectivity index (χ3v) is 5.72. The minimum Gasteiger partial charge on any atom is -0.484 e. The van der Waals surface area contributed by atoms with Crippen molar-refractivity contribution in [2.45, 2.75) is 32.4 Å². The molecule has 0 bridgehead atoms. The summed E-state index contributed by atoms with van der Waals surface area (Å²) in [5.74, 6) is 0.193. The van der Waals surface area contributed by atoms with Gasteiger partial charge in [-0.25, -0.2) is 13.6 Å². The molecule has 0 N–H and O–H groups in total. The zero-order valence-electron chi connectivity index (χ0n) is 14.8. The summed E-state index contributed by atoms with van der Waals surface area (Å²) in [5, 5.41) is 0.320. The molecule has 0 radical (unpaired) electrons. The zero-order valence-corrected chi connectivity index (χ0v) is 18.6. The Bertz CT molecular complexity index is 852. The van der Waals surface area contributed by atoms with Crippen LogP contribution in [-0.4, -0.2) is 26.3 Å². The Morgan fingerprint density at radius 3 is 2.54 bits per heavy atom. The fourth-order valence-electron chi connectivity index (χ4n) is 1.90. The fourth-order valence-corrected chi connectivity index (χ4v) is 3.59. The summed E-state index contributed by atoms with van der Waals surface area (Å²) in [5.41, 5.74) is 1.82. The van der Waals surface area contributed by atoms with Gasteiger partial charge in [-0.15, -0.1) is 0 Å². The number of hydrogen-bond donors (Lipinski definition) is 0. The summed E-state index contributed by atoms with van der Waals surface area (Å²) in [6, 6.07) is 7.63. The van der Waals surface area contributed by atoms with E-state index in [4.69, 9.17) is 16.3 Å². The second-order valence-corrected chi connectivity index (χ2v) is 10.0. The van der Waals surface area contributed by atoms with Crippen LogP contribution >= 0.6 is 34.2 Å². The first-order valence-corrected chi connectivity index (χ1v) is 10.3. The highest BCUT2D eigenvalue weighted by Crippen LogP contribution is 2.34. The van der Waals surface area contributed by atoms with Crippen LogP contribution in [0.4, 0.5) is 4.39 Å². The van der Waals surface area contributed by atoms with Gasteiger partial charge in [0.1, 0.15) is 34.3 Å². The number of pyridine rings is 1. The molecule has 1 aromatic heterocycles. The Morgan fingerprint density at radius 2 is 1.96 bits per heavy atom. The number of aromatic nitrogens is 1. The molecule has 0 aliphatic rings. The average Bonchev–Trinajstić information content (AvgIpc) is 2.53. The Morgan fingerprint density at radius 1 is 1.35 bits per heavy atom. The van der Waals surface area contributed by atoms with Crippen molar-refractivity contribution in [1.82, 2.24) is 4.98 Å². The molecule has 1 atom stereocenters. The zero-order chi connectivity index (χ0) is 19.5. The SMILES string of the molecule is CC(COc1c(I)cc(Cl)nc1-c1ccc(F)cc1)=N[S@@](=O)C(C)(C)C. The topological polar surface area (TPSA) is 51.6 Å². The van der Waals surface area contributed by atoms with E-state index in [-0.39, 0.29) is 12.4 Å². The molecule has 2 aromatic rings. The summed E-state index contributed by atoms with van der Waals surface area (Å²) in [6.45, 7) is 7.51. The molecule has 0 fully saturated rings. The van der Waals surface area contributed by atoms with Crippen molar-refractivity contribution < 1.29 is 13.3 Å². The smallest absolute Gasteiger partial charge is 0.159 e. The van der Waals surface area contributed by atoms with Gasteiger partial charge in [-0.05, 0) is 80.6 Å². The van der Waals surface area contributed by atoms with Crippen LogP contribution in [0.5, 0.6) is 5.75 Å². The summed E-state index contributed by atoms with van der Waals surface area (Å²) in [7, 11) is -1.35. The third-order valence-electron chi connectivity index (χ3n) is 3.20. The fraction of sp³-hybridized carbons (Fsp3) is 0.333. The van der Waals surface area contributed by atoms with Crippen molar-refractivity contribution in [3.05, 3.63) is 44.9 Å². The molecule has 0 aliphatic carbocycles. The molecule has 0 amide bonds. The number of nitrogens with zero attached hydrogens (tertiary/aromatic N) is 2. The average molecular weight is 509 g/mol. The maximum atomic E-state index is 13.2. The maximum absolute atomic E-state index is 13.2. The Balaban J connectivity index is 2.31. The minimum atomic E-state index is -1.35. The molecule has 0 unspecified atom stereocenters. The normalized spacial score (nSPS) is 13.6. The van der Waals surface area contributed by atoms with Crippen LogP contribution in [0.25, 0.3) is 11.3 Å². The van der Waals surface area contributed by atoms with E-state index in [1.165, 1.54) is 12.1 Å². The van der Waals surface area contributed by atoms with E-state index in [2.05, 4.69) is 32.0 Å². The number of rotatable bonds is 5. The summed E-state index contributed by atoms with van der Waals surface area (Å²) >= 11 is 8.18. The molecule has 0 aliphatic heterocycles. The van der Waals surface area contributed by atoms with Gasteiger partial charge in [-0.2, -0.15) is 4.40 Å². The van der Waals surface area contributed by atoms with Crippen LogP contribution in [-0.2, 0) is 11.0 Å². The minimum absolute atomic E-state index is 0.162. The molecule has 26 heavy (non-hydrogen) atoms. The van der Waals surface area contributed by atoms with Gasteiger partial charge in [0.05, 0.1) is 14.0 Å². The highest BCUT2D eigenvalue weighted by Gasteiger charge is 2.19. The van der Waals surface area contributed by atoms with E-state index >= 15 is 0 Å². The van der Waals surface area contributed by atoms with Gasteiger partial charge < -0.3 is 4.74 Å². The second kappa shape index (κ2) is 8.75. The van der Waals surface area contributed by atoms with Crippen molar-refractivity contribution in [1.29, 1.82) is 0 Å². The summed E-state index contributed by atoms with van der Waals surface area (Å²) in [6.07, 6.45) is 0. The Labute approximate surface area is 174 Å². The van der Waals surface area contributed by atoms with E-state index in [9.17, 15) is 8.60 Å². The van der Waals surface area contributed by atoms with E-state index in [1.807, 2.05) is 20.8 Å². The highest BCUT2D eigenvalue weighted by molar-refractivity contribution is 14.1. The van der Waals surface area contributed by atoms with Gasteiger partial charge in [0.25, 0.3) is 0 Å². The molecular formula is C18H19ClFIN2O2S. The van der Waals surface area contributed by atoms with Crippen LogP contribution < -0.4 is 4.74 Å². The number of ether oxygens (including phenoxy) is 1. The van der Waals surface area contributed by atoms with Gasteiger partial charge in [-0.3, -0.25) is 0 Å². The van der Waals surface area contributed by atoms with Gasteiger partial charge in [0.2, 0.25) is 0 Å². The van der Waals surface area contributed by atoms with E-state index in [0.717, 1.165) is 3.57 Å². The van der Waals surface area contributed by atoms with Crippen molar-refractivity contribution in [2.75, 3.05) is 6.61 Å². The lowest BCUT2D eigenvalue weighted by Gasteiger charge is -2.16. The number of benzene rings is 1. The van der Waals surface area contributed by atoms with Gasteiger partial charge >= 0.3 is 0 Å². The lowest BCUT2D eigenvalue weighted by atomic mass is 10.1. The molecule has 1 heterocycles. The molecular weight excluding hydrogens is 490 g/mol. The monoisotopic (exact) mass is 508 g/mol. The molecule has 2 rings (SSSR count). The Hall–Kier alpha value is -1.06. The highest BCUT2D eigenvalue weighted by atomic mass is 127. The van der Waals surface area contributed by atoms with Crippen molar-refractivity contribution in [2.24, 2.45) is 4.40 Å². The quantitative estimate of drug-likeness (QED) is 0.307. The molecule has 4 nitrogen and oxygen atoms in total. The van der Waals surface area contributed by atoms with Crippen LogP contribution in [0.15, 0.2) is 34.7 Å². The molecule has 140 valence electrons. The largest absolute Gasteiger partial charge is 0.484 e. The maximum Gasteiger partial charge on any atom is 0.159 e. The van der Waals surface area contributed by atoms with Crippen LogP contribution in [0, 0.1) is 9.39 Å². The first-order chi connectivity index (χ1) is 12.1.